The van der Waals surface area contributed by atoms with E-state index in [4.69, 9.17) is 0 Å². The van der Waals surface area contributed by atoms with E-state index in [2.05, 4.69) is 56.8 Å². The Morgan fingerprint density at radius 1 is 1.04 bits per heavy atom. The van der Waals surface area contributed by atoms with Gasteiger partial charge in [-0.1, -0.05) is 57.2 Å². The highest BCUT2D eigenvalue weighted by Crippen LogP contribution is 2.66. The van der Waals surface area contributed by atoms with Crippen molar-refractivity contribution in [1.29, 1.82) is 0 Å². The number of benzene rings is 2. The summed E-state index contributed by atoms with van der Waals surface area (Å²) in [5, 5.41) is 2.30. The van der Waals surface area contributed by atoms with E-state index in [-0.39, 0.29) is 16.4 Å². The van der Waals surface area contributed by atoms with Gasteiger partial charge in [0.1, 0.15) is 0 Å². The first-order valence-electron chi connectivity index (χ1n) is 9.18. The minimum absolute atomic E-state index is 0.0801. The third kappa shape index (κ3) is 1.55. The quantitative estimate of drug-likeness (QED) is 0.644. The molecule has 0 aliphatic heterocycles. The first-order valence-corrected chi connectivity index (χ1v) is 9.18. The number of aromatic nitrogens is 2. The summed E-state index contributed by atoms with van der Waals surface area (Å²) in [4.78, 5) is 13.5. The summed E-state index contributed by atoms with van der Waals surface area (Å²) in [6, 6.07) is 14.5. The molecular weight excluding hydrogens is 308 g/mol. The Morgan fingerprint density at radius 2 is 1.76 bits per heavy atom. The Hall–Kier alpha value is -2.29. The number of rotatable bonds is 1. The molecule has 3 heteroatoms. The van der Waals surface area contributed by atoms with Crippen molar-refractivity contribution >= 4 is 10.8 Å². The fourth-order valence-corrected chi connectivity index (χ4v) is 5.69. The monoisotopic (exact) mass is 332 g/mol. The van der Waals surface area contributed by atoms with Crippen molar-refractivity contribution in [2.24, 2.45) is 12.5 Å². The molecule has 0 amide bonds. The summed E-state index contributed by atoms with van der Waals surface area (Å²) in [6.45, 7) is 7.03. The van der Waals surface area contributed by atoms with Crippen LogP contribution in [0.15, 0.2) is 47.3 Å². The fourth-order valence-electron chi connectivity index (χ4n) is 5.69. The maximum absolute atomic E-state index is 13.5. The highest BCUT2D eigenvalue weighted by atomic mass is 16.1. The van der Waals surface area contributed by atoms with Gasteiger partial charge < -0.3 is 0 Å². The molecule has 0 spiro atoms. The van der Waals surface area contributed by atoms with E-state index in [1.54, 1.807) is 0 Å². The predicted molar refractivity (Wildman–Crippen MR) is 102 cm³/mol. The van der Waals surface area contributed by atoms with Crippen LogP contribution in [0.4, 0.5) is 0 Å². The number of nitrogens with zero attached hydrogens (tertiary/aromatic N) is 2. The van der Waals surface area contributed by atoms with Crippen LogP contribution in [0.5, 0.6) is 0 Å². The predicted octanol–water partition coefficient (Wildman–Crippen LogP) is 4.50. The molecule has 2 aromatic carbocycles. The van der Waals surface area contributed by atoms with E-state index < -0.39 is 0 Å². The van der Waals surface area contributed by atoms with Gasteiger partial charge in [-0.15, -0.1) is 0 Å². The maximum atomic E-state index is 13.5. The van der Waals surface area contributed by atoms with Crippen LogP contribution in [0.25, 0.3) is 16.5 Å². The summed E-state index contributed by atoms with van der Waals surface area (Å²) in [6.07, 6.45) is 2.30. The Bertz CT molecular complexity index is 1080. The topological polar surface area (TPSA) is 26.9 Å². The minimum Gasteiger partial charge on any atom is -0.284 e. The van der Waals surface area contributed by atoms with Gasteiger partial charge in [-0.2, -0.15) is 0 Å². The highest BCUT2D eigenvalue weighted by molar-refractivity contribution is 5.90. The average molecular weight is 332 g/mol. The van der Waals surface area contributed by atoms with Crippen molar-refractivity contribution < 1.29 is 0 Å². The van der Waals surface area contributed by atoms with Crippen LogP contribution in [0.2, 0.25) is 0 Å². The molecule has 2 atom stereocenters. The van der Waals surface area contributed by atoms with E-state index in [1.807, 2.05) is 22.9 Å². The molecule has 1 fully saturated rings. The first-order chi connectivity index (χ1) is 11.9. The van der Waals surface area contributed by atoms with Crippen LogP contribution >= 0.6 is 0 Å². The molecule has 1 aromatic heterocycles. The zero-order chi connectivity index (χ0) is 17.6. The van der Waals surface area contributed by atoms with Crippen molar-refractivity contribution in [3.05, 3.63) is 64.1 Å². The largest absolute Gasteiger partial charge is 0.284 e. The van der Waals surface area contributed by atoms with Gasteiger partial charge in [0, 0.05) is 23.4 Å². The molecule has 0 N–H and O–H groups in total. The third-order valence-corrected chi connectivity index (χ3v) is 7.39. The molecule has 25 heavy (non-hydrogen) atoms. The number of hydrogen-bond acceptors (Lipinski definition) is 1. The van der Waals surface area contributed by atoms with Gasteiger partial charge in [0.05, 0.1) is 11.4 Å². The van der Waals surface area contributed by atoms with Gasteiger partial charge in [-0.25, -0.2) is 4.68 Å². The average Bonchev–Trinajstić information content (AvgIpc) is 3.06. The van der Waals surface area contributed by atoms with Crippen LogP contribution in [-0.2, 0) is 12.5 Å². The molecule has 2 bridgehead atoms. The lowest BCUT2D eigenvalue weighted by atomic mass is 9.70. The number of hydrogen-bond donors (Lipinski definition) is 0. The second-order valence-electron chi connectivity index (χ2n) is 8.55. The standard InChI is InChI=1S/C22H24N2O/c1-21(2)16-12-13-22(21,3)19-18(16)20(25)24(23(19)4)17-11-7-9-14-8-5-6-10-15(14)17/h5-11,16H,12-13H2,1-4H3. The highest BCUT2D eigenvalue weighted by Gasteiger charge is 2.62. The molecule has 2 unspecified atom stereocenters. The summed E-state index contributed by atoms with van der Waals surface area (Å²) in [5.41, 5.74) is 3.72. The molecule has 1 saturated carbocycles. The third-order valence-electron chi connectivity index (χ3n) is 7.39. The van der Waals surface area contributed by atoms with E-state index in [1.165, 1.54) is 17.5 Å². The maximum Gasteiger partial charge on any atom is 0.275 e. The van der Waals surface area contributed by atoms with Gasteiger partial charge >= 0.3 is 0 Å². The lowest BCUT2D eigenvalue weighted by Crippen LogP contribution is -2.35. The molecule has 0 saturated heterocycles. The van der Waals surface area contributed by atoms with Gasteiger partial charge in [0.2, 0.25) is 0 Å². The summed E-state index contributed by atoms with van der Waals surface area (Å²) in [7, 11) is 2.06. The van der Waals surface area contributed by atoms with Crippen LogP contribution in [0.1, 0.15) is 50.8 Å². The molecule has 1 heterocycles. The molecular formula is C22H24N2O. The minimum atomic E-state index is 0.0801. The normalized spacial score (nSPS) is 26.3. The molecule has 0 radical (unpaired) electrons. The smallest absolute Gasteiger partial charge is 0.275 e. The molecule has 3 nitrogen and oxygen atoms in total. The van der Waals surface area contributed by atoms with E-state index >= 15 is 0 Å². The Labute approximate surface area is 147 Å². The lowest BCUT2D eigenvalue weighted by molar-refractivity contribution is 0.218. The Balaban J connectivity index is 1.86. The van der Waals surface area contributed by atoms with Gasteiger partial charge in [-0.3, -0.25) is 9.48 Å². The van der Waals surface area contributed by atoms with Crippen LogP contribution in [-0.4, -0.2) is 9.36 Å². The van der Waals surface area contributed by atoms with Crippen LogP contribution < -0.4 is 5.56 Å². The van der Waals surface area contributed by atoms with Crippen molar-refractivity contribution in [2.45, 2.75) is 44.9 Å². The number of fused-ring (bicyclic) bond motifs is 6. The van der Waals surface area contributed by atoms with Crippen molar-refractivity contribution in [2.75, 3.05) is 0 Å². The molecule has 3 aromatic rings. The molecule has 2 aliphatic rings. The van der Waals surface area contributed by atoms with E-state index in [9.17, 15) is 4.79 Å². The molecule has 128 valence electrons. The second kappa shape index (κ2) is 4.46. The SMILES string of the molecule is Cn1c2c(c(=O)n1-c1cccc3ccccc13)C1CCC2(C)C1(C)C. The van der Waals surface area contributed by atoms with Crippen LogP contribution in [0, 0.1) is 5.41 Å². The Kier molecular flexibility index (Phi) is 2.67. The fraction of sp³-hybridized carbons (Fsp3) is 0.409. The van der Waals surface area contributed by atoms with Crippen molar-refractivity contribution in [1.82, 2.24) is 9.36 Å². The van der Waals surface area contributed by atoms with E-state index in [0.717, 1.165) is 23.1 Å². The van der Waals surface area contributed by atoms with Crippen LogP contribution in [0.3, 0.4) is 0 Å². The Morgan fingerprint density at radius 3 is 2.52 bits per heavy atom. The summed E-state index contributed by atoms with van der Waals surface area (Å²) in [5.74, 6) is 0.377. The van der Waals surface area contributed by atoms with Gasteiger partial charge in [0.25, 0.3) is 5.56 Å². The second-order valence-corrected chi connectivity index (χ2v) is 8.55. The first kappa shape index (κ1) is 15.0. The molecule has 5 rings (SSSR count). The van der Waals surface area contributed by atoms with Gasteiger partial charge in [0.15, 0.2) is 0 Å². The molecule has 2 aliphatic carbocycles. The summed E-state index contributed by atoms with van der Waals surface area (Å²) >= 11 is 0. The van der Waals surface area contributed by atoms with Crippen molar-refractivity contribution in [3.63, 3.8) is 0 Å². The summed E-state index contributed by atoms with van der Waals surface area (Å²) < 4.78 is 4.04. The van der Waals surface area contributed by atoms with E-state index in [0.29, 0.717) is 5.92 Å². The van der Waals surface area contributed by atoms with Gasteiger partial charge in [-0.05, 0) is 35.6 Å². The van der Waals surface area contributed by atoms with Crippen molar-refractivity contribution in [3.8, 4) is 5.69 Å². The lowest BCUT2D eigenvalue weighted by Gasteiger charge is -2.36. The zero-order valence-electron chi connectivity index (χ0n) is 15.3. The zero-order valence-corrected chi connectivity index (χ0v) is 15.3.